The zero-order chi connectivity index (χ0) is 17.6. The lowest BCUT2D eigenvalue weighted by Gasteiger charge is -2.14. The van der Waals surface area contributed by atoms with Gasteiger partial charge in [-0.3, -0.25) is 14.8 Å². The highest BCUT2D eigenvalue weighted by molar-refractivity contribution is 5.78. The summed E-state index contributed by atoms with van der Waals surface area (Å²) < 4.78 is 18.8. The number of carbonyl (C=O) groups excluding carboxylic acids is 1. The quantitative estimate of drug-likeness (QED) is 0.752. The van der Waals surface area contributed by atoms with Crippen LogP contribution in [0.2, 0.25) is 0 Å². The largest absolute Gasteiger partial charge is 0.492 e. The number of alkyl halides is 1. The van der Waals surface area contributed by atoms with Gasteiger partial charge in [0.05, 0.1) is 19.3 Å². The van der Waals surface area contributed by atoms with E-state index in [1.54, 1.807) is 6.20 Å². The summed E-state index contributed by atoms with van der Waals surface area (Å²) in [5.41, 5.74) is 3.07. The molecule has 1 aliphatic rings. The van der Waals surface area contributed by atoms with E-state index in [0.29, 0.717) is 32.7 Å². The van der Waals surface area contributed by atoms with E-state index < -0.39 is 6.17 Å². The number of rotatable bonds is 7. The van der Waals surface area contributed by atoms with Crippen LogP contribution in [0.1, 0.15) is 12.1 Å². The van der Waals surface area contributed by atoms with Crippen molar-refractivity contribution in [1.82, 2.24) is 20.4 Å². The third-order valence-electron chi connectivity index (χ3n) is 4.25. The predicted molar refractivity (Wildman–Crippen MR) is 93.2 cm³/mol. The van der Waals surface area contributed by atoms with E-state index in [4.69, 9.17) is 4.74 Å². The molecule has 2 heterocycles. The fourth-order valence-corrected chi connectivity index (χ4v) is 2.94. The van der Waals surface area contributed by atoms with Gasteiger partial charge in [-0.1, -0.05) is 12.1 Å². The van der Waals surface area contributed by atoms with Gasteiger partial charge in [-0.05, 0) is 31.0 Å². The maximum atomic E-state index is 13.1. The Morgan fingerprint density at radius 2 is 2.40 bits per heavy atom. The number of hydrogen-bond donors (Lipinski definition) is 2. The number of carbonyl (C=O) groups is 1. The van der Waals surface area contributed by atoms with Gasteiger partial charge in [0.1, 0.15) is 18.5 Å². The first-order valence-corrected chi connectivity index (χ1v) is 8.48. The van der Waals surface area contributed by atoms with Gasteiger partial charge in [0.2, 0.25) is 5.91 Å². The van der Waals surface area contributed by atoms with E-state index in [0.717, 1.165) is 22.6 Å². The van der Waals surface area contributed by atoms with Crippen LogP contribution in [0, 0.1) is 6.92 Å². The molecule has 1 amide bonds. The molecule has 134 valence electrons. The maximum Gasteiger partial charge on any atom is 0.234 e. The molecule has 0 spiro atoms. The van der Waals surface area contributed by atoms with E-state index in [1.165, 1.54) is 0 Å². The van der Waals surface area contributed by atoms with Crippen molar-refractivity contribution in [2.45, 2.75) is 19.5 Å². The number of nitrogens with zero attached hydrogens (tertiary/aromatic N) is 2. The van der Waals surface area contributed by atoms with Crippen molar-refractivity contribution in [3.8, 4) is 16.9 Å². The average Bonchev–Trinajstić information content (AvgIpc) is 3.20. The molecule has 7 heteroatoms. The van der Waals surface area contributed by atoms with E-state index in [-0.39, 0.29) is 12.5 Å². The van der Waals surface area contributed by atoms with E-state index in [2.05, 4.69) is 15.5 Å². The number of H-pyrrole nitrogens is 1. The first-order valence-electron chi connectivity index (χ1n) is 8.48. The molecule has 3 rings (SSSR count). The number of aromatic nitrogens is 2. The Labute approximate surface area is 146 Å². The molecule has 1 atom stereocenters. The van der Waals surface area contributed by atoms with Crippen molar-refractivity contribution in [2.75, 3.05) is 32.8 Å². The number of aromatic amines is 1. The molecule has 1 fully saturated rings. The van der Waals surface area contributed by atoms with E-state index >= 15 is 0 Å². The van der Waals surface area contributed by atoms with Crippen molar-refractivity contribution in [1.29, 1.82) is 0 Å². The lowest BCUT2D eigenvalue weighted by molar-refractivity contribution is -0.122. The third-order valence-corrected chi connectivity index (χ3v) is 4.25. The van der Waals surface area contributed by atoms with Crippen molar-refractivity contribution in [2.24, 2.45) is 0 Å². The van der Waals surface area contributed by atoms with Gasteiger partial charge in [0.15, 0.2) is 0 Å². The Morgan fingerprint density at radius 3 is 3.12 bits per heavy atom. The van der Waals surface area contributed by atoms with Crippen LogP contribution in [0.5, 0.6) is 5.75 Å². The van der Waals surface area contributed by atoms with Gasteiger partial charge in [0, 0.05) is 24.3 Å². The summed E-state index contributed by atoms with van der Waals surface area (Å²) >= 11 is 0. The fourth-order valence-electron chi connectivity index (χ4n) is 2.94. The molecule has 0 unspecified atom stereocenters. The van der Waals surface area contributed by atoms with Crippen LogP contribution in [0.15, 0.2) is 30.5 Å². The Hall–Kier alpha value is -2.41. The topological polar surface area (TPSA) is 70.2 Å². The maximum absolute atomic E-state index is 13.1. The van der Waals surface area contributed by atoms with Gasteiger partial charge in [-0.15, -0.1) is 0 Å². The van der Waals surface area contributed by atoms with Crippen molar-refractivity contribution >= 4 is 5.91 Å². The molecule has 25 heavy (non-hydrogen) atoms. The second kappa shape index (κ2) is 8.11. The third kappa shape index (κ3) is 4.79. The Bertz CT molecular complexity index is 719. The second-order valence-electron chi connectivity index (χ2n) is 6.26. The molecular weight excluding hydrogens is 323 g/mol. The zero-order valence-corrected chi connectivity index (χ0v) is 14.3. The van der Waals surface area contributed by atoms with Crippen LogP contribution >= 0.6 is 0 Å². The Morgan fingerprint density at radius 1 is 1.52 bits per heavy atom. The summed E-state index contributed by atoms with van der Waals surface area (Å²) in [6.45, 7) is 4.01. The van der Waals surface area contributed by atoms with Crippen molar-refractivity contribution in [3.05, 3.63) is 36.2 Å². The molecule has 1 aliphatic heterocycles. The van der Waals surface area contributed by atoms with Crippen molar-refractivity contribution < 1.29 is 13.9 Å². The Balaban J connectivity index is 1.42. The van der Waals surface area contributed by atoms with Gasteiger partial charge >= 0.3 is 0 Å². The number of hydrogen-bond acceptors (Lipinski definition) is 4. The number of halogens is 1. The number of aryl methyl sites for hydroxylation is 1. The van der Waals surface area contributed by atoms with Gasteiger partial charge in [0.25, 0.3) is 0 Å². The van der Waals surface area contributed by atoms with E-state index in [1.807, 2.05) is 36.1 Å². The minimum absolute atomic E-state index is 0.0968. The van der Waals surface area contributed by atoms with Gasteiger partial charge in [-0.25, -0.2) is 4.39 Å². The highest BCUT2D eigenvalue weighted by Crippen LogP contribution is 2.25. The first kappa shape index (κ1) is 17.4. The summed E-state index contributed by atoms with van der Waals surface area (Å²) in [5, 5.41) is 9.75. The number of benzene rings is 1. The number of amides is 1. The number of nitrogens with one attached hydrogen (secondary N) is 2. The molecule has 2 N–H and O–H groups in total. The summed E-state index contributed by atoms with van der Waals surface area (Å²) in [5.74, 6) is 0.646. The molecular formula is C18H23FN4O2. The lowest BCUT2D eigenvalue weighted by atomic mass is 10.1. The molecule has 0 bridgehead atoms. The zero-order valence-electron chi connectivity index (χ0n) is 14.3. The van der Waals surface area contributed by atoms with Crippen LogP contribution in [-0.2, 0) is 4.79 Å². The van der Waals surface area contributed by atoms with Crippen LogP contribution in [0.3, 0.4) is 0 Å². The highest BCUT2D eigenvalue weighted by Gasteiger charge is 2.23. The van der Waals surface area contributed by atoms with Crippen LogP contribution < -0.4 is 10.1 Å². The average molecular weight is 346 g/mol. The number of ether oxygens (including phenoxy) is 1. The predicted octanol–water partition coefficient (Wildman–Crippen LogP) is 1.92. The van der Waals surface area contributed by atoms with Gasteiger partial charge in [-0.2, -0.15) is 5.10 Å². The minimum Gasteiger partial charge on any atom is -0.492 e. The molecule has 0 saturated carbocycles. The monoisotopic (exact) mass is 346 g/mol. The summed E-state index contributed by atoms with van der Waals surface area (Å²) in [6.07, 6.45) is 1.50. The van der Waals surface area contributed by atoms with Gasteiger partial charge < -0.3 is 10.1 Å². The second-order valence-corrected chi connectivity index (χ2v) is 6.26. The van der Waals surface area contributed by atoms with Crippen LogP contribution in [-0.4, -0.2) is 60.0 Å². The van der Waals surface area contributed by atoms with Crippen LogP contribution in [0.4, 0.5) is 4.39 Å². The summed E-state index contributed by atoms with van der Waals surface area (Å²) in [6, 6.07) is 7.76. The first-order chi connectivity index (χ1) is 12.1. The molecule has 1 aromatic heterocycles. The van der Waals surface area contributed by atoms with Crippen LogP contribution in [0.25, 0.3) is 11.1 Å². The lowest BCUT2D eigenvalue weighted by Crippen LogP contribution is -2.37. The standard InChI is InChI=1S/C18H23FN4O2/c1-13-17(10-21-22-13)14-3-2-4-16(9-14)25-8-6-20-18(24)12-23-7-5-15(19)11-23/h2-4,9-10,15H,5-8,11-12H2,1H3,(H,20,24)(H,21,22)/t15-/m0/s1. The molecule has 0 aliphatic carbocycles. The summed E-state index contributed by atoms with van der Waals surface area (Å²) in [4.78, 5) is 13.7. The molecule has 6 nitrogen and oxygen atoms in total. The molecule has 2 aromatic rings. The molecule has 1 aromatic carbocycles. The number of likely N-dealkylation sites (tertiary alicyclic amines) is 1. The van der Waals surface area contributed by atoms with E-state index in [9.17, 15) is 9.18 Å². The molecule has 0 radical (unpaired) electrons. The highest BCUT2D eigenvalue weighted by atomic mass is 19.1. The summed E-state index contributed by atoms with van der Waals surface area (Å²) in [7, 11) is 0. The Kier molecular flexibility index (Phi) is 5.65. The minimum atomic E-state index is -0.803. The fraction of sp³-hybridized carbons (Fsp3) is 0.444. The smallest absolute Gasteiger partial charge is 0.234 e. The normalized spacial score (nSPS) is 17.6. The molecule has 1 saturated heterocycles. The SMILES string of the molecule is Cc1[nH]ncc1-c1cccc(OCCNC(=O)CN2CC[C@H](F)C2)c1. The van der Waals surface area contributed by atoms with Crippen molar-refractivity contribution in [3.63, 3.8) is 0 Å².